The van der Waals surface area contributed by atoms with Gasteiger partial charge in [0.1, 0.15) is 16.5 Å². The Balaban J connectivity index is 2.36. The van der Waals surface area contributed by atoms with E-state index in [0.29, 0.717) is 16.9 Å². The summed E-state index contributed by atoms with van der Waals surface area (Å²) in [4.78, 5) is 19.8. The third-order valence-corrected chi connectivity index (χ3v) is 3.93. The smallest absolute Gasteiger partial charge is 0.270 e. The van der Waals surface area contributed by atoms with Gasteiger partial charge in [-0.1, -0.05) is 25.4 Å². The molecule has 0 saturated heterocycles. The summed E-state index contributed by atoms with van der Waals surface area (Å²) in [7, 11) is 0. The second kappa shape index (κ2) is 6.21. The number of halogens is 1. The number of nitrogens with one attached hydrogen (secondary N) is 1. The molecule has 0 aliphatic rings. The van der Waals surface area contributed by atoms with Crippen molar-refractivity contribution in [1.82, 2.24) is 24.7 Å². The second-order valence-corrected chi connectivity index (χ2v) is 5.18. The van der Waals surface area contributed by atoms with Crippen molar-refractivity contribution in [2.75, 3.05) is 0 Å². The standard InChI is InChI=1S/C11H14ClN5OS/c1-3-5-17-10(18)15-16-11(17)19-9-7(4-2)8(12)13-6-14-9/h6H,3-5H2,1-2H3,(H,15,18). The number of aromatic amines is 1. The summed E-state index contributed by atoms with van der Waals surface area (Å²) >= 11 is 7.37. The van der Waals surface area contributed by atoms with E-state index < -0.39 is 0 Å². The fraction of sp³-hybridized carbons (Fsp3) is 0.455. The predicted octanol–water partition coefficient (Wildman–Crippen LogP) is 2.14. The number of H-pyrrole nitrogens is 1. The Kier molecular flexibility index (Phi) is 4.60. The first kappa shape index (κ1) is 14.1. The first-order chi connectivity index (χ1) is 9.17. The van der Waals surface area contributed by atoms with Crippen LogP contribution in [0.2, 0.25) is 5.15 Å². The van der Waals surface area contributed by atoms with Gasteiger partial charge >= 0.3 is 5.69 Å². The molecule has 2 rings (SSSR count). The molecular formula is C11H14ClN5OS. The third kappa shape index (κ3) is 2.98. The molecule has 0 saturated carbocycles. The quantitative estimate of drug-likeness (QED) is 0.856. The Morgan fingerprint density at radius 3 is 2.89 bits per heavy atom. The second-order valence-electron chi connectivity index (χ2n) is 3.87. The Morgan fingerprint density at radius 2 is 2.21 bits per heavy atom. The van der Waals surface area contributed by atoms with Crippen molar-refractivity contribution in [2.24, 2.45) is 0 Å². The number of hydrogen-bond donors (Lipinski definition) is 1. The lowest BCUT2D eigenvalue weighted by Gasteiger charge is -2.07. The highest BCUT2D eigenvalue weighted by Gasteiger charge is 2.14. The first-order valence-corrected chi connectivity index (χ1v) is 7.19. The summed E-state index contributed by atoms with van der Waals surface area (Å²) in [5.74, 6) is 0. The van der Waals surface area contributed by atoms with Gasteiger partial charge in [-0.25, -0.2) is 19.9 Å². The minimum atomic E-state index is -0.206. The molecule has 0 aliphatic heterocycles. The van der Waals surface area contributed by atoms with E-state index in [2.05, 4.69) is 20.2 Å². The largest absolute Gasteiger partial charge is 0.343 e. The fourth-order valence-electron chi connectivity index (χ4n) is 1.65. The zero-order valence-electron chi connectivity index (χ0n) is 10.7. The molecule has 2 heterocycles. The van der Waals surface area contributed by atoms with Crippen LogP contribution in [0.3, 0.4) is 0 Å². The van der Waals surface area contributed by atoms with Crippen molar-refractivity contribution >= 4 is 23.4 Å². The zero-order chi connectivity index (χ0) is 13.8. The van der Waals surface area contributed by atoms with Crippen LogP contribution < -0.4 is 5.69 Å². The summed E-state index contributed by atoms with van der Waals surface area (Å²) in [5.41, 5.74) is 0.662. The molecule has 0 atom stereocenters. The molecule has 0 fully saturated rings. The minimum Gasteiger partial charge on any atom is -0.270 e. The zero-order valence-corrected chi connectivity index (χ0v) is 12.3. The van der Waals surface area contributed by atoms with Gasteiger partial charge in [-0.05, 0) is 24.6 Å². The molecule has 2 aromatic heterocycles. The van der Waals surface area contributed by atoms with Gasteiger partial charge in [0.25, 0.3) is 0 Å². The highest BCUT2D eigenvalue weighted by atomic mass is 35.5. The van der Waals surface area contributed by atoms with Crippen molar-refractivity contribution < 1.29 is 0 Å². The van der Waals surface area contributed by atoms with Gasteiger partial charge in [0.15, 0.2) is 5.16 Å². The van der Waals surface area contributed by atoms with Gasteiger partial charge in [0, 0.05) is 12.1 Å². The molecule has 1 N–H and O–H groups in total. The molecule has 0 radical (unpaired) electrons. The highest BCUT2D eigenvalue weighted by Crippen LogP contribution is 2.29. The minimum absolute atomic E-state index is 0.206. The number of aromatic nitrogens is 5. The average Bonchev–Trinajstić information content (AvgIpc) is 2.72. The summed E-state index contributed by atoms with van der Waals surface area (Å²) < 4.78 is 1.60. The lowest BCUT2D eigenvalue weighted by atomic mass is 10.3. The molecule has 19 heavy (non-hydrogen) atoms. The van der Waals surface area contributed by atoms with Crippen LogP contribution >= 0.6 is 23.4 Å². The molecule has 0 aromatic carbocycles. The SMILES string of the molecule is CCCn1c(Sc2ncnc(Cl)c2CC)n[nH]c1=O. The number of rotatable bonds is 5. The van der Waals surface area contributed by atoms with Crippen LogP contribution in [0.4, 0.5) is 0 Å². The highest BCUT2D eigenvalue weighted by molar-refractivity contribution is 7.99. The van der Waals surface area contributed by atoms with E-state index in [9.17, 15) is 4.79 Å². The molecular weight excluding hydrogens is 286 g/mol. The van der Waals surface area contributed by atoms with E-state index in [1.165, 1.54) is 18.1 Å². The van der Waals surface area contributed by atoms with Crippen molar-refractivity contribution in [3.8, 4) is 0 Å². The third-order valence-electron chi connectivity index (χ3n) is 2.57. The molecule has 0 spiro atoms. The van der Waals surface area contributed by atoms with E-state index in [0.717, 1.165) is 23.4 Å². The molecule has 0 aliphatic carbocycles. The van der Waals surface area contributed by atoms with Gasteiger partial charge in [-0.2, -0.15) is 0 Å². The Labute approximate surface area is 119 Å². The van der Waals surface area contributed by atoms with Crippen LogP contribution in [0.1, 0.15) is 25.8 Å². The van der Waals surface area contributed by atoms with Crippen molar-refractivity contribution in [3.05, 3.63) is 27.5 Å². The van der Waals surface area contributed by atoms with Crippen molar-refractivity contribution in [1.29, 1.82) is 0 Å². The van der Waals surface area contributed by atoms with Crippen molar-refractivity contribution in [3.63, 3.8) is 0 Å². The maximum atomic E-state index is 11.6. The Bertz CT molecular complexity index is 624. The van der Waals surface area contributed by atoms with E-state index in [1.807, 2.05) is 13.8 Å². The van der Waals surface area contributed by atoms with E-state index in [1.54, 1.807) is 4.57 Å². The number of hydrogen-bond acceptors (Lipinski definition) is 5. The van der Waals surface area contributed by atoms with Gasteiger partial charge in [-0.3, -0.25) is 4.57 Å². The molecule has 2 aromatic rings. The van der Waals surface area contributed by atoms with E-state index in [4.69, 9.17) is 11.6 Å². The van der Waals surface area contributed by atoms with Gasteiger partial charge < -0.3 is 0 Å². The first-order valence-electron chi connectivity index (χ1n) is 5.99. The summed E-state index contributed by atoms with van der Waals surface area (Å²) in [6.07, 6.45) is 3.00. The lowest BCUT2D eigenvalue weighted by molar-refractivity contribution is 0.603. The Hall–Kier alpha value is -1.34. The van der Waals surface area contributed by atoms with Crippen LogP contribution in [0, 0.1) is 0 Å². The summed E-state index contributed by atoms with van der Waals surface area (Å²) in [5, 5.41) is 8.25. The maximum Gasteiger partial charge on any atom is 0.343 e. The summed E-state index contributed by atoms with van der Waals surface area (Å²) in [6, 6.07) is 0. The normalized spacial score (nSPS) is 10.9. The molecule has 0 amide bonds. The lowest BCUT2D eigenvalue weighted by Crippen LogP contribution is -2.17. The Morgan fingerprint density at radius 1 is 1.42 bits per heavy atom. The molecule has 0 bridgehead atoms. The van der Waals surface area contributed by atoms with Crippen LogP contribution in [0.5, 0.6) is 0 Å². The van der Waals surface area contributed by atoms with Gasteiger partial charge in [0.2, 0.25) is 0 Å². The van der Waals surface area contributed by atoms with Crippen LogP contribution in [-0.4, -0.2) is 24.7 Å². The van der Waals surface area contributed by atoms with Crippen LogP contribution in [0.25, 0.3) is 0 Å². The summed E-state index contributed by atoms with van der Waals surface area (Å²) in [6.45, 7) is 4.61. The van der Waals surface area contributed by atoms with Crippen molar-refractivity contribution in [2.45, 2.75) is 43.4 Å². The van der Waals surface area contributed by atoms with Crippen LogP contribution in [-0.2, 0) is 13.0 Å². The topological polar surface area (TPSA) is 76.5 Å². The molecule has 0 unspecified atom stereocenters. The predicted molar refractivity (Wildman–Crippen MR) is 73.7 cm³/mol. The maximum absolute atomic E-state index is 11.6. The molecule has 102 valence electrons. The van der Waals surface area contributed by atoms with E-state index >= 15 is 0 Å². The van der Waals surface area contributed by atoms with Crippen LogP contribution in [0.15, 0.2) is 21.3 Å². The monoisotopic (exact) mass is 299 g/mol. The fourth-order valence-corrected chi connectivity index (χ4v) is 2.99. The van der Waals surface area contributed by atoms with Gasteiger partial charge in [0.05, 0.1) is 0 Å². The number of nitrogens with zero attached hydrogens (tertiary/aromatic N) is 4. The molecule has 6 nitrogen and oxygen atoms in total. The van der Waals surface area contributed by atoms with E-state index in [-0.39, 0.29) is 5.69 Å². The molecule has 8 heteroatoms. The average molecular weight is 300 g/mol. The van der Waals surface area contributed by atoms with Gasteiger partial charge in [-0.15, -0.1) is 5.10 Å².